The summed E-state index contributed by atoms with van der Waals surface area (Å²) in [6, 6.07) is 14.8. The van der Waals surface area contributed by atoms with E-state index in [-0.39, 0.29) is 5.82 Å². The predicted molar refractivity (Wildman–Crippen MR) is 115 cm³/mol. The second-order valence-electron chi connectivity index (χ2n) is 7.80. The number of hydrogen-bond acceptors (Lipinski definition) is 5. The molecule has 0 amide bonds. The van der Waals surface area contributed by atoms with Crippen LogP contribution >= 0.6 is 11.6 Å². The van der Waals surface area contributed by atoms with Gasteiger partial charge in [0.1, 0.15) is 11.3 Å². The van der Waals surface area contributed by atoms with Gasteiger partial charge < -0.3 is 10.2 Å². The lowest BCUT2D eigenvalue weighted by molar-refractivity contribution is 0.575. The minimum Gasteiger partial charge on any atom is -0.347 e. The standard InChI is InChI=1S/C22H18ClFN6/c23-18-3-1-2-4-19(18)30-21(13-5-7-14(24)8-6-13)17-11-26-27-22(20(17)28-30)29-12-15-9-16(29)10-25-15/h1-8,11,15-16,25H,9-10,12H2. The number of para-hydroxylation sites is 1. The van der Waals surface area contributed by atoms with Crippen LogP contribution in [-0.2, 0) is 0 Å². The maximum Gasteiger partial charge on any atom is 0.180 e. The van der Waals surface area contributed by atoms with Crippen LogP contribution in [0, 0.1) is 5.82 Å². The highest BCUT2D eigenvalue weighted by atomic mass is 35.5. The molecule has 2 aliphatic heterocycles. The molecule has 2 fully saturated rings. The Bertz CT molecular complexity index is 1250. The summed E-state index contributed by atoms with van der Waals surface area (Å²) >= 11 is 6.52. The smallest absolute Gasteiger partial charge is 0.180 e. The van der Waals surface area contributed by atoms with Gasteiger partial charge in [-0.3, -0.25) is 0 Å². The molecule has 2 atom stereocenters. The van der Waals surface area contributed by atoms with E-state index in [1.165, 1.54) is 12.1 Å². The van der Waals surface area contributed by atoms with Gasteiger partial charge >= 0.3 is 0 Å². The average Bonchev–Trinajstić information content (AvgIpc) is 3.48. The first-order valence-corrected chi connectivity index (χ1v) is 10.3. The molecule has 0 saturated carbocycles. The van der Waals surface area contributed by atoms with E-state index in [9.17, 15) is 4.39 Å². The molecule has 6 rings (SSSR count). The maximum atomic E-state index is 13.6. The summed E-state index contributed by atoms with van der Waals surface area (Å²) in [5.41, 5.74) is 3.18. The summed E-state index contributed by atoms with van der Waals surface area (Å²) < 4.78 is 15.4. The minimum absolute atomic E-state index is 0.284. The van der Waals surface area contributed by atoms with Gasteiger partial charge in [-0.05, 0) is 42.8 Å². The molecule has 0 aliphatic carbocycles. The van der Waals surface area contributed by atoms with Crippen LogP contribution < -0.4 is 10.2 Å². The Balaban J connectivity index is 1.62. The lowest BCUT2D eigenvalue weighted by atomic mass is 10.1. The molecule has 4 aromatic rings. The third kappa shape index (κ3) is 2.69. The first kappa shape index (κ1) is 17.8. The molecule has 2 aliphatic rings. The van der Waals surface area contributed by atoms with E-state index in [0.29, 0.717) is 17.1 Å². The van der Waals surface area contributed by atoms with Crippen molar-refractivity contribution in [3.05, 3.63) is 65.6 Å². The van der Waals surface area contributed by atoms with E-state index >= 15 is 0 Å². The molecule has 2 saturated heterocycles. The Hall–Kier alpha value is -3.03. The fourth-order valence-electron chi connectivity index (χ4n) is 4.60. The number of nitrogens with zero attached hydrogens (tertiary/aromatic N) is 5. The Morgan fingerprint density at radius 1 is 1.10 bits per heavy atom. The van der Waals surface area contributed by atoms with Gasteiger partial charge in [0.05, 0.1) is 28.0 Å². The normalized spacial score (nSPS) is 20.4. The fourth-order valence-corrected chi connectivity index (χ4v) is 4.82. The molecule has 2 aromatic carbocycles. The first-order chi connectivity index (χ1) is 14.7. The number of rotatable bonds is 3. The molecule has 1 N–H and O–H groups in total. The van der Waals surface area contributed by atoms with Crippen LogP contribution in [0.4, 0.5) is 10.2 Å². The number of benzene rings is 2. The molecule has 2 bridgehead atoms. The van der Waals surface area contributed by atoms with Crippen molar-refractivity contribution in [3.8, 4) is 16.9 Å². The number of fused-ring (bicyclic) bond motifs is 3. The van der Waals surface area contributed by atoms with Crippen molar-refractivity contribution < 1.29 is 4.39 Å². The van der Waals surface area contributed by atoms with E-state index in [1.54, 1.807) is 18.3 Å². The fraction of sp³-hybridized carbons (Fsp3) is 0.227. The number of nitrogens with one attached hydrogen (secondary N) is 1. The zero-order valence-electron chi connectivity index (χ0n) is 16.0. The van der Waals surface area contributed by atoms with Crippen molar-refractivity contribution in [1.29, 1.82) is 0 Å². The number of anilines is 1. The third-order valence-electron chi connectivity index (χ3n) is 6.00. The Morgan fingerprint density at radius 2 is 1.93 bits per heavy atom. The number of piperazine rings is 1. The zero-order valence-corrected chi connectivity index (χ0v) is 16.7. The summed E-state index contributed by atoms with van der Waals surface area (Å²) in [5.74, 6) is 0.503. The van der Waals surface area contributed by atoms with Crippen molar-refractivity contribution >= 4 is 28.3 Å². The Morgan fingerprint density at radius 3 is 2.67 bits per heavy atom. The van der Waals surface area contributed by atoms with Gasteiger partial charge in [-0.25, -0.2) is 9.07 Å². The monoisotopic (exact) mass is 420 g/mol. The van der Waals surface area contributed by atoms with Gasteiger partial charge in [-0.1, -0.05) is 23.7 Å². The van der Waals surface area contributed by atoms with Gasteiger partial charge in [-0.2, -0.15) is 10.2 Å². The molecule has 8 heteroatoms. The molecule has 4 heterocycles. The van der Waals surface area contributed by atoms with Crippen LogP contribution in [-0.4, -0.2) is 45.2 Å². The average molecular weight is 421 g/mol. The summed E-state index contributed by atoms with van der Waals surface area (Å²) in [6.45, 7) is 1.84. The largest absolute Gasteiger partial charge is 0.347 e. The lowest BCUT2D eigenvalue weighted by Crippen LogP contribution is -2.44. The van der Waals surface area contributed by atoms with Crippen LogP contribution in [0.2, 0.25) is 5.02 Å². The number of halogens is 2. The van der Waals surface area contributed by atoms with E-state index < -0.39 is 0 Å². The Labute approximate surface area is 177 Å². The second kappa shape index (κ2) is 6.75. The van der Waals surface area contributed by atoms with Gasteiger partial charge in [-0.15, -0.1) is 5.10 Å². The summed E-state index contributed by atoms with van der Waals surface area (Å²) in [4.78, 5) is 2.30. The van der Waals surface area contributed by atoms with Gasteiger partial charge in [0.25, 0.3) is 0 Å². The van der Waals surface area contributed by atoms with Crippen molar-refractivity contribution in [2.75, 3.05) is 18.0 Å². The van der Waals surface area contributed by atoms with Crippen molar-refractivity contribution in [3.63, 3.8) is 0 Å². The van der Waals surface area contributed by atoms with Crippen LogP contribution in [0.3, 0.4) is 0 Å². The van der Waals surface area contributed by atoms with Crippen LogP contribution in [0.5, 0.6) is 0 Å². The molecular formula is C22H18ClFN6. The van der Waals surface area contributed by atoms with E-state index in [0.717, 1.165) is 53.2 Å². The van der Waals surface area contributed by atoms with Crippen molar-refractivity contribution in [2.45, 2.75) is 18.5 Å². The lowest BCUT2D eigenvalue weighted by Gasteiger charge is -2.27. The van der Waals surface area contributed by atoms with E-state index in [1.807, 2.05) is 28.9 Å². The maximum absolute atomic E-state index is 13.6. The molecule has 2 unspecified atom stereocenters. The molecule has 150 valence electrons. The molecule has 6 nitrogen and oxygen atoms in total. The summed E-state index contributed by atoms with van der Waals surface area (Å²) in [6.07, 6.45) is 2.83. The van der Waals surface area contributed by atoms with Crippen LogP contribution in [0.25, 0.3) is 27.8 Å². The van der Waals surface area contributed by atoms with E-state index in [4.69, 9.17) is 16.7 Å². The Kier molecular flexibility index (Phi) is 4.01. The van der Waals surface area contributed by atoms with Crippen LogP contribution in [0.15, 0.2) is 54.7 Å². The highest BCUT2D eigenvalue weighted by Crippen LogP contribution is 2.38. The minimum atomic E-state index is -0.284. The SMILES string of the molecule is Fc1ccc(-c2c3cnnc(N4CC5CC4CN5)c3nn2-c2ccccc2Cl)cc1. The van der Waals surface area contributed by atoms with Crippen molar-refractivity contribution in [1.82, 2.24) is 25.3 Å². The number of aromatic nitrogens is 4. The highest BCUT2D eigenvalue weighted by molar-refractivity contribution is 6.32. The topological polar surface area (TPSA) is 58.9 Å². The first-order valence-electron chi connectivity index (χ1n) is 9.94. The summed E-state index contributed by atoms with van der Waals surface area (Å²) in [5, 5.41) is 18.7. The number of hydrogen-bond donors (Lipinski definition) is 1. The summed E-state index contributed by atoms with van der Waals surface area (Å²) in [7, 11) is 0. The van der Waals surface area contributed by atoms with Gasteiger partial charge in [0.2, 0.25) is 0 Å². The molecule has 0 radical (unpaired) electrons. The van der Waals surface area contributed by atoms with E-state index in [2.05, 4.69) is 20.4 Å². The second-order valence-corrected chi connectivity index (χ2v) is 8.20. The molecule has 0 spiro atoms. The quantitative estimate of drug-likeness (QED) is 0.546. The third-order valence-corrected chi connectivity index (χ3v) is 6.32. The molecule has 2 aromatic heterocycles. The van der Waals surface area contributed by atoms with Gasteiger partial charge in [0.15, 0.2) is 5.82 Å². The highest BCUT2D eigenvalue weighted by Gasteiger charge is 2.39. The molecular weight excluding hydrogens is 403 g/mol. The van der Waals surface area contributed by atoms with Crippen LogP contribution in [0.1, 0.15) is 6.42 Å². The zero-order chi connectivity index (χ0) is 20.2. The van der Waals surface area contributed by atoms with Gasteiger partial charge in [0, 0.05) is 30.7 Å². The predicted octanol–water partition coefficient (Wildman–Crippen LogP) is 3.83. The van der Waals surface area contributed by atoms with Crippen molar-refractivity contribution in [2.24, 2.45) is 0 Å². The molecule has 30 heavy (non-hydrogen) atoms.